The van der Waals surface area contributed by atoms with Crippen LogP contribution in [0.15, 0.2) is 41.6 Å². The summed E-state index contributed by atoms with van der Waals surface area (Å²) < 4.78 is 42.1. The number of thioether (sulfide) groups is 1. The first-order valence-electron chi connectivity index (χ1n) is 8.92. The van der Waals surface area contributed by atoms with E-state index in [9.17, 15) is 23.1 Å². The maximum absolute atomic E-state index is 14.0. The highest BCUT2D eigenvalue weighted by Crippen LogP contribution is 2.50. The van der Waals surface area contributed by atoms with Gasteiger partial charge in [-0.1, -0.05) is 40.5 Å². The van der Waals surface area contributed by atoms with Gasteiger partial charge >= 0.3 is 6.18 Å². The fourth-order valence-corrected chi connectivity index (χ4v) is 3.95. The van der Waals surface area contributed by atoms with Crippen molar-refractivity contribution < 1.29 is 27.9 Å². The van der Waals surface area contributed by atoms with Gasteiger partial charge in [0.15, 0.2) is 0 Å². The normalized spacial score (nSPS) is 18.5. The van der Waals surface area contributed by atoms with Crippen molar-refractivity contribution >= 4 is 46.6 Å². The summed E-state index contributed by atoms with van der Waals surface area (Å²) in [5.41, 5.74) is -2.15. The number of hydrogen-bond donors (Lipinski definition) is 2. The van der Waals surface area contributed by atoms with Gasteiger partial charge in [-0.25, -0.2) is 0 Å². The van der Waals surface area contributed by atoms with Crippen molar-refractivity contribution in [3.63, 3.8) is 0 Å². The smallest absolute Gasteiger partial charge is 0.435 e. The fraction of sp³-hybridized carbons (Fsp3) is 0.300. The molecule has 2 N–H and O–H groups in total. The molecule has 0 fully saturated rings. The Kier molecular flexibility index (Phi) is 6.98. The van der Waals surface area contributed by atoms with Gasteiger partial charge in [-0.2, -0.15) is 24.9 Å². The SMILES string of the molecule is CSCC(=O)NCc1ccc(C2=NOC(c3cc(O)cc(Cl)c3)(C(F)(F)F)C2)cc1Cl. The average molecular weight is 493 g/mol. The van der Waals surface area contributed by atoms with E-state index < -0.39 is 23.9 Å². The van der Waals surface area contributed by atoms with Gasteiger partial charge < -0.3 is 15.3 Å². The highest BCUT2D eigenvalue weighted by molar-refractivity contribution is 7.99. The first kappa shape index (κ1) is 23.6. The summed E-state index contributed by atoms with van der Waals surface area (Å²) in [5.74, 6) is -0.261. The molecule has 2 aromatic rings. The molecule has 1 heterocycles. The minimum atomic E-state index is -4.83. The van der Waals surface area contributed by atoms with Crippen molar-refractivity contribution in [3.8, 4) is 5.75 Å². The van der Waals surface area contributed by atoms with E-state index in [-0.39, 0.29) is 33.8 Å². The third-order valence-electron chi connectivity index (χ3n) is 4.67. The van der Waals surface area contributed by atoms with E-state index in [4.69, 9.17) is 28.0 Å². The van der Waals surface area contributed by atoms with E-state index in [1.807, 2.05) is 0 Å². The van der Waals surface area contributed by atoms with Crippen LogP contribution >= 0.6 is 35.0 Å². The molecule has 1 aliphatic heterocycles. The summed E-state index contributed by atoms with van der Waals surface area (Å²) in [4.78, 5) is 16.5. The average Bonchev–Trinajstić information content (AvgIpc) is 3.13. The van der Waals surface area contributed by atoms with Gasteiger partial charge in [0.2, 0.25) is 5.91 Å². The molecule has 0 spiro atoms. The molecular weight excluding hydrogens is 476 g/mol. The molecule has 0 radical (unpaired) electrons. The van der Waals surface area contributed by atoms with Crippen LogP contribution in [0.5, 0.6) is 5.75 Å². The predicted molar refractivity (Wildman–Crippen MR) is 115 cm³/mol. The van der Waals surface area contributed by atoms with Gasteiger partial charge in [-0.3, -0.25) is 4.79 Å². The van der Waals surface area contributed by atoms with E-state index in [2.05, 4.69) is 10.5 Å². The number of alkyl halides is 3. The largest absolute Gasteiger partial charge is 0.508 e. The van der Waals surface area contributed by atoms with Crippen LogP contribution < -0.4 is 5.32 Å². The maximum Gasteiger partial charge on any atom is 0.435 e. The number of benzene rings is 2. The second kappa shape index (κ2) is 9.18. The number of amides is 1. The summed E-state index contributed by atoms with van der Waals surface area (Å²) >= 11 is 13.5. The zero-order valence-electron chi connectivity index (χ0n) is 16.1. The second-order valence-electron chi connectivity index (χ2n) is 6.84. The molecule has 1 atom stereocenters. The molecular formula is C20H17Cl2F3N2O3S. The zero-order valence-corrected chi connectivity index (χ0v) is 18.4. The molecule has 166 valence electrons. The van der Waals surface area contributed by atoms with Crippen molar-refractivity contribution in [1.29, 1.82) is 0 Å². The van der Waals surface area contributed by atoms with Crippen LogP contribution in [-0.4, -0.2) is 34.9 Å². The van der Waals surface area contributed by atoms with Crippen LogP contribution in [0.1, 0.15) is 23.1 Å². The van der Waals surface area contributed by atoms with Crippen LogP contribution in [0.25, 0.3) is 0 Å². The number of carbonyl (C=O) groups excluding carboxylic acids is 1. The van der Waals surface area contributed by atoms with E-state index in [0.717, 1.165) is 18.2 Å². The van der Waals surface area contributed by atoms with E-state index in [0.29, 0.717) is 16.9 Å². The van der Waals surface area contributed by atoms with E-state index in [1.54, 1.807) is 18.4 Å². The Morgan fingerprint density at radius 3 is 2.65 bits per heavy atom. The standard InChI is InChI=1S/C20H17Cl2F3N2O3S/c1-31-10-18(29)26-9-12-3-2-11(4-16(12)22)17-8-19(30-27-17,20(23,24)25)13-5-14(21)7-15(28)6-13/h2-7,28H,8-10H2,1H3,(H,26,29). The molecule has 11 heteroatoms. The molecule has 0 saturated heterocycles. The van der Waals surface area contributed by atoms with Crippen LogP contribution in [0.4, 0.5) is 13.2 Å². The lowest BCUT2D eigenvalue weighted by Gasteiger charge is -2.29. The number of carbonyl (C=O) groups is 1. The number of oxime groups is 1. The first-order chi connectivity index (χ1) is 14.6. The molecule has 2 aromatic carbocycles. The van der Waals surface area contributed by atoms with Gasteiger partial charge in [0, 0.05) is 34.1 Å². The number of hydrogen-bond acceptors (Lipinski definition) is 5. The number of phenolic OH excluding ortho intramolecular Hbond substituents is 1. The predicted octanol–water partition coefficient (Wildman–Crippen LogP) is 5.26. The Hall–Kier alpha value is -2.10. The Bertz CT molecular complexity index is 1010. The number of rotatable bonds is 6. The number of aromatic hydroxyl groups is 1. The summed E-state index contributed by atoms with van der Waals surface area (Å²) in [6, 6.07) is 7.81. The summed E-state index contributed by atoms with van der Waals surface area (Å²) in [5, 5.41) is 16.3. The summed E-state index contributed by atoms with van der Waals surface area (Å²) in [6.45, 7) is 0.190. The monoisotopic (exact) mass is 492 g/mol. The van der Waals surface area contributed by atoms with Crippen molar-refractivity contribution in [1.82, 2.24) is 5.32 Å². The third kappa shape index (κ3) is 5.05. The topological polar surface area (TPSA) is 70.9 Å². The Morgan fingerprint density at radius 2 is 2.03 bits per heavy atom. The van der Waals surface area contributed by atoms with Gasteiger partial charge in [0.25, 0.3) is 5.60 Å². The lowest BCUT2D eigenvalue weighted by molar-refractivity contribution is -0.275. The Balaban J connectivity index is 1.85. The van der Waals surface area contributed by atoms with Crippen molar-refractivity contribution in [2.45, 2.75) is 24.7 Å². The molecule has 31 heavy (non-hydrogen) atoms. The fourth-order valence-electron chi connectivity index (χ4n) is 3.11. The quantitative estimate of drug-likeness (QED) is 0.576. The Morgan fingerprint density at radius 1 is 1.29 bits per heavy atom. The van der Waals surface area contributed by atoms with Crippen molar-refractivity contribution in [3.05, 3.63) is 63.1 Å². The van der Waals surface area contributed by atoms with Gasteiger partial charge in [0.05, 0.1) is 11.5 Å². The molecule has 1 aliphatic rings. The van der Waals surface area contributed by atoms with Crippen molar-refractivity contribution in [2.24, 2.45) is 5.16 Å². The molecule has 3 rings (SSSR count). The van der Waals surface area contributed by atoms with Crippen LogP contribution in [0, 0.1) is 0 Å². The molecule has 0 saturated carbocycles. The van der Waals surface area contributed by atoms with Crippen LogP contribution in [0.2, 0.25) is 10.0 Å². The summed E-state index contributed by atoms with van der Waals surface area (Å²) in [6.07, 6.45) is -3.66. The molecule has 1 unspecified atom stereocenters. The van der Waals surface area contributed by atoms with Crippen molar-refractivity contribution in [2.75, 3.05) is 12.0 Å². The highest BCUT2D eigenvalue weighted by atomic mass is 35.5. The number of halogens is 5. The molecule has 0 aromatic heterocycles. The Labute approximate surface area is 190 Å². The minimum absolute atomic E-state index is 0.0386. The van der Waals surface area contributed by atoms with Crippen LogP contribution in [0.3, 0.4) is 0 Å². The lowest BCUT2D eigenvalue weighted by Crippen LogP contribution is -2.42. The number of nitrogens with one attached hydrogen (secondary N) is 1. The van der Waals surface area contributed by atoms with Gasteiger partial charge in [-0.15, -0.1) is 0 Å². The molecule has 0 bridgehead atoms. The van der Waals surface area contributed by atoms with Gasteiger partial charge in [0.1, 0.15) is 5.75 Å². The molecule has 1 amide bonds. The highest BCUT2D eigenvalue weighted by Gasteiger charge is 2.62. The maximum atomic E-state index is 14.0. The third-order valence-corrected chi connectivity index (χ3v) is 5.79. The van der Waals surface area contributed by atoms with E-state index >= 15 is 0 Å². The van der Waals surface area contributed by atoms with Crippen LogP contribution in [-0.2, 0) is 21.8 Å². The lowest BCUT2D eigenvalue weighted by atomic mass is 9.86. The zero-order chi connectivity index (χ0) is 22.8. The molecule has 5 nitrogen and oxygen atoms in total. The minimum Gasteiger partial charge on any atom is -0.508 e. The second-order valence-corrected chi connectivity index (χ2v) is 8.55. The number of phenols is 1. The summed E-state index contributed by atoms with van der Waals surface area (Å²) in [7, 11) is 0. The van der Waals surface area contributed by atoms with E-state index in [1.165, 1.54) is 17.8 Å². The molecule has 0 aliphatic carbocycles. The van der Waals surface area contributed by atoms with Gasteiger partial charge in [-0.05, 0) is 36.1 Å². The first-order valence-corrected chi connectivity index (χ1v) is 11.1. The number of nitrogens with zero attached hydrogens (tertiary/aromatic N) is 1.